The van der Waals surface area contributed by atoms with Gasteiger partial charge in [0.05, 0.1) is 7.11 Å². The number of benzene rings is 1. The molecule has 4 heteroatoms. The fraction of sp³-hybridized carbons (Fsp3) is 0.300. The van der Waals surface area contributed by atoms with Crippen LogP contribution in [0.1, 0.15) is 5.56 Å². The molecule has 0 aliphatic heterocycles. The Labute approximate surface area is 82.7 Å². The second kappa shape index (κ2) is 8.19. The van der Waals surface area contributed by atoms with E-state index in [-0.39, 0.29) is 5.82 Å². The number of hydrogen-bond donors (Lipinski definition) is 1. The lowest BCUT2D eigenvalue weighted by molar-refractivity contribution is -0.126. The zero-order valence-electron chi connectivity index (χ0n) is 8.07. The minimum absolute atomic E-state index is 0.194. The van der Waals surface area contributed by atoms with Crippen LogP contribution in [-0.2, 0) is 16.0 Å². The van der Waals surface area contributed by atoms with E-state index in [1.165, 1.54) is 19.2 Å². The van der Waals surface area contributed by atoms with Crippen molar-refractivity contribution in [3.05, 3.63) is 35.6 Å². The molecule has 78 valence electrons. The smallest absolute Gasteiger partial charge is 0.292 e. The number of carbonyl (C=O) groups is 1. The van der Waals surface area contributed by atoms with Gasteiger partial charge in [-0.1, -0.05) is 12.1 Å². The second-order valence-corrected chi connectivity index (χ2v) is 2.50. The van der Waals surface area contributed by atoms with Gasteiger partial charge in [-0.25, -0.2) is 4.39 Å². The molecule has 0 aliphatic carbocycles. The summed E-state index contributed by atoms with van der Waals surface area (Å²) in [7, 11) is 1.31. The highest BCUT2D eigenvalue weighted by atomic mass is 19.1. The molecule has 0 saturated carbocycles. The van der Waals surface area contributed by atoms with Crippen molar-refractivity contribution in [2.24, 2.45) is 5.73 Å². The molecule has 3 nitrogen and oxygen atoms in total. The van der Waals surface area contributed by atoms with Gasteiger partial charge in [-0.15, -0.1) is 0 Å². The number of halogens is 1. The summed E-state index contributed by atoms with van der Waals surface area (Å²) >= 11 is 0. The quantitative estimate of drug-likeness (QED) is 0.742. The number of hydrogen-bond acceptors (Lipinski definition) is 3. The highest BCUT2D eigenvalue weighted by molar-refractivity contribution is 5.36. The lowest BCUT2D eigenvalue weighted by Gasteiger charge is -1.95. The molecule has 0 saturated heterocycles. The van der Waals surface area contributed by atoms with E-state index in [9.17, 15) is 4.39 Å². The molecule has 0 heterocycles. The van der Waals surface area contributed by atoms with Gasteiger partial charge in [-0.2, -0.15) is 0 Å². The van der Waals surface area contributed by atoms with Gasteiger partial charge in [-0.3, -0.25) is 4.79 Å². The van der Waals surface area contributed by atoms with Gasteiger partial charge in [-0.05, 0) is 30.7 Å². The van der Waals surface area contributed by atoms with Crippen LogP contribution in [0.25, 0.3) is 0 Å². The van der Waals surface area contributed by atoms with Gasteiger partial charge in [0.25, 0.3) is 6.47 Å². The highest BCUT2D eigenvalue weighted by Crippen LogP contribution is 2.01. The maximum absolute atomic E-state index is 12.3. The van der Waals surface area contributed by atoms with E-state index in [0.717, 1.165) is 12.0 Å². The molecule has 0 amide bonds. The highest BCUT2D eigenvalue weighted by Gasteiger charge is 1.90. The lowest BCUT2D eigenvalue weighted by Crippen LogP contribution is -2.02. The normalized spacial score (nSPS) is 8.50. The van der Waals surface area contributed by atoms with E-state index in [1.54, 1.807) is 12.1 Å². The van der Waals surface area contributed by atoms with Crippen molar-refractivity contribution in [2.75, 3.05) is 13.7 Å². The van der Waals surface area contributed by atoms with Gasteiger partial charge >= 0.3 is 0 Å². The van der Waals surface area contributed by atoms with Crippen molar-refractivity contribution in [3.8, 4) is 0 Å². The fourth-order valence-corrected chi connectivity index (χ4v) is 0.818. The van der Waals surface area contributed by atoms with E-state index in [2.05, 4.69) is 4.74 Å². The number of carbonyl (C=O) groups excluding carboxylic acids is 1. The molecule has 0 unspecified atom stereocenters. The van der Waals surface area contributed by atoms with Crippen LogP contribution in [0.4, 0.5) is 4.39 Å². The third-order valence-corrected chi connectivity index (χ3v) is 1.44. The summed E-state index contributed by atoms with van der Waals surface area (Å²) in [4.78, 5) is 8.95. The topological polar surface area (TPSA) is 52.3 Å². The molecule has 2 N–H and O–H groups in total. The Hall–Kier alpha value is -1.42. The minimum Gasteiger partial charge on any atom is -0.471 e. The molecule has 0 aromatic heterocycles. The third-order valence-electron chi connectivity index (χ3n) is 1.44. The Morgan fingerprint density at radius 2 is 1.93 bits per heavy atom. The van der Waals surface area contributed by atoms with Crippen molar-refractivity contribution >= 4 is 6.47 Å². The first kappa shape index (κ1) is 12.6. The average molecular weight is 199 g/mol. The first-order valence-corrected chi connectivity index (χ1v) is 4.15. The van der Waals surface area contributed by atoms with E-state index < -0.39 is 0 Å². The zero-order valence-corrected chi connectivity index (χ0v) is 8.07. The monoisotopic (exact) mass is 199 g/mol. The van der Waals surface area contributed by atoms with Crippen molar-refractivity contribution < 1.29 is 13.9 Å². The first-order valence-electron chi connectivity index (χ1n) is 4.15. The number of methoxy groups -OCH3 is 1. The van der Waals surface area contributed by atoms with Gasteiger partial charge in [0.1, 0.15) is 5.82 Å². The van der Waals surface area contributed by atoms with Gasteiger partial charge in [0.2, 0.25) is 0 Å². The summed E-state index contributed by atoms with van der Waals surface area (Å²) in [5.74, 6) is -0.194. The SMILES string of the molecule is COC=O.NCCc1ccc(F)cc1. The third kappa shape index (κ3) is 6.14. The predicted octanol–water partition coefficient (Wildman–Crippen LogP) is 1.12. The van der Waals surface area contributed by atoms with Crippen LogP contribution in [0, 0.1) is 5.82 Å². The standard InChI is InChI=1S/C8H10FN.C2H4O2/c9-8-3-1-7(2-4-8)5-6-10;1-4-2-3/h1-4H,5-6,10H2;2H,1H3. The van der Waals surface area contributed by atoms with Crippen molar-refractivity contribution in [1.29, 1.82) is 0 Å². The maximum Gasteiger partial charge on any atom is 0.292 e. The van der Waals surface area contributed by atoms with Crippen LogP contribution in [0.2, 0.25) is 0 Å². The van der Waals surface area contributed by atoms with Gasteiger partial charge < -0.3 is 10.5 Å². The van der Waals surface area contributed by atoms with Crippen LogP contribution in [-0.4, -0.2) is 20.1 Å². The first-order chi connectivity index (χ1) is 6.74. The molecule has 0 spiro atoms. The Morgan fingerprint density at radius 3 is 2.29 bits per heavy atom. The Kier molecular flexibility index (Phi) is 7.36. The van der Waals surface area contributed by atoms with Crippen LogP contribution in [0.15, 0.2) is 24.3 Å². The van der Waals surface area contributed by atoms with Crippen molar-refractivity contribution in [2.45, 2.75) is 6.42 Å². The van der Waals surface area contributed by atoms with E-state index in [4.69, 9.17) is 10.5 Å². The Bertz CT molecular complexity index is 249. The minimum atomic E-state index is -0.194. The summed E-state index contributed by atoms with van der Waals surface area (Å²) in [5.41, 5.74) is 6.39. The van der Waals surface area contributed by atoms with Crippen LogP contribution < -0.4 is 5.73 Å². The summed E-state index contributed by atoms with van der Waals surface area (Å²) in [6, 6.07) is 6.40. The zero-order chi connectivity index (χ0) is 10.8. The number of rotatable bonds is 3. The molecule has 14 heavy (non-hydrogen) atoms. The molecule has 1 rings (SSSR count). The summed E-state index contributed by atoms with van der Waals surface area (Å²) in [5, 5.41) is 0. The predicted molar refractivity (Wildman–Crippen MR) is 52.2 cm³/mol. The maximum atomic E-state index is 12.3. The number of nitrogens with two attached hydrogens (primary N) is 1. The van der Waals surface area contributed by atoms with Crippen LogP contribution in [0.3, 0.4) is 0 Å². The fourth-order valence-electron chi connectivity index (χ4n) is 0.818. The second-order valence-electron chi connectivity index (χ2n) is 2.50. The molecule has 0 radical (unpaired) electrons. The van der Waals surface area contributed by atoms with Crippen molar-refractivity contribution in [3.63, 3.8) is 0 Å². The largest absolute Gasteiger partial charge is 0.471 e. The summed E-state index contributed by atoms with van der Waals surface area (Å²) in [6.07, 6.45) is 0.820. The number of ether oxygens (including phenoxy) is 1. The molecule has 0 aliphatic rings. The summed E-state index contributed by atoms with van der Waals surface area (Å²) < 4.78 is 16.2. The molecule has 1 aromatic carbocycles. The Balaban J connectivity index is 0.000000364. The molecule has 0 bridgehead atoms. The Morgan fingerprint density at radius 1 is 1.43 bits per heavy atom. The average Bonchev–Trinajstić information content (AvgIpc) is 2.22. The lowest BCUT2D eigenvalue weighted by atomic mass is 10.1. The van der Waals surface area contributed by atoms with E-state index >= 15 is 0 Å². The van der Waals surface area contributed by atoms with Crippen LogP contribution >= 0.6 is 0 Å². The molecule has 0 atom stereocenters. The van der Waals surface area contributed by atoms with E-state index in [1.807, 2.05) is 0 Å². The van der Waals surface area contributed by atoms with Crippen LogP contribution in [0.5, 0.6) is 0 Å². The van der Waals surface area contributed by atoms with Gasteiger partial charge in [0.15, 0.2) is 0 Å². The molecular formula is C10H14FNO2. The van der Waals surface area contributed by atoms with Crippen molar-refractivity contribution in [1.82, 2.24) is 0 Å². The van der Waals surface area contributed by atoms with Gasteiger partial charge in [0, 0.05) is 0 Å². The molecule has 1 aromatic rings. The van der Waals surface area contributed by atoms with E-state index in [0.29, 0.717) is 13.0 Å². The molecular weight excluding hydrogens is 185 g/mol. The molecule has 0 fully saturated rings. The summed E-state index contributed by atoms with van der Waals surface area (Å²) in [6.45, 7) is 0.992.